The van der Waals surface area contributed by atoms with Gasteiger partial charge in [0.15, 0.2) is 6.10 Å². The summed E-state index contributed by atoms with van der Waals surface area (Å²) in [5.74, 6) is -3.49. The molecular weight excluding hydrogens is 803 g/mol. The Kier molecular flexibility index (Phi) is 17.4. The van der Waals surface area contributed by atoms with Gasteiger partial charge >= 0.3 is 11.9 Å². The molecule has 1 fully saturated rings. The van der Waals surface area contributed by atoms with Crippen molar-refractivity contribution in [3.05, 3.63) is 112 Å². The van der Waals surface area contributed by atoms with E-state index in [9.17, 15) is 29.1 Å². The van der Waals surface area contributed by atoms with E-state index in [0.29, 0.717) is 17.0 Å². The van der Waals surface area contributed by atoms with E-state index in [4.69, 9.17) is 4.74 Å². The largest absolute Gasteiger partial charge is 0.481 e. The number of carboxylic acids is 1. The molecule has 1 aromatic heterocycles. The Morgan fingerprint density at radius 1 is 0.968 bits per heavy atom. The highest BCUT2D eigenvalue weighted by molar-refractivity contribution is 7.09. The number of esters is 1. The summed E-state index contributed by atoms with van der Waals surface area (Å²) in [7, 11) is 1.95. The first-order valence-corrected chi connectivity index (χ1v) is 22.7. The number of hydrogen-bond acceptors (Lipinski definition) is 9. The number of likely N-dealkylation sites (N-methyl/N-ethyl adjacent to an activating group) is 1. The fourth-order valence-electron chi connectivity index (χ4n) is 8.23. The van der Waals surface area contributed by atoms with Crippen molar-refractivity contribution in [2.45, 2.75) is 117 Å². The van der Waals surface area contributed by atoms with E-state index in [2.05, 4.69) is 20.5 Å². The summed E-state index contributed by atoms with van der Waals surface area (Å²) in [6, 6.07) is 23.7. The van der Waals surface area contributed by atoms with Crippen LogP contribution < -0.4 is 10.6 Å². The number of aryl methyl sites for hydroxylation is 1. The zero-order valence-electron chi connectivity index (χ0n) is 37.1. The Morgan fingerprint density at radius 3 is 2.29 bits per heavy atom. The Bertz CT molecular complexity index is 2130. The lowest BCUT2D eigenvalue weighted by molar-refractivity contribution is -0.150. The normalized spacial score (nSPS) is 16.7. The van der Waals surface area contributed by atoms with Gasteiger partial charge < -0.3 is 25.4 Å². The summed E-state index contributed by atoms with van der Waals surface area (Å²) in [4.78, 5) is 76.0. The van der Waals surface area contributed by atoms with Crippen molar-refractivity contribution in [1.29, 1.82) is 0 Å². The van der Waals surface area contributed by atoms with Crippen LogP contribution in [0.25, 0.3) is 11.1 Å². The number of aromatic nitrogens is 1. The lowest BCUT2D eigenvalue weighted by Gasteiger charge is -2.40. The number of carbonyl (C=O) groups is 5. The number of ether oxygens (including phenoxy) is 1. The van der Waals surface area contributed by atoms with E-state index in [1.807, 2.05) is 125 Å². The van der Waals surface area contributed by atoms with Crippen molar-refractivity contribution in [1.82, 2.24) is 25.4 Å². The Hall–Kier alpha value is -5.40. The Morgan fingerprint density at radius 2 is 1.66 bits per heavy atom. The molecule has 332 valence electrons. The SMILES string of the molecule is CCC(C)C(NC(=O)C1CCCCN1C)C(=O)N(Cc1ccccc1)[C@H](C[C@@H](OC(C)=O)c1nc(C(=O)NCC[C@@H](C(=O)O)c2cc(-c3ccccc3)ccc2C)cs1)C(C)C. The number of carboxylic acid groups (broad SMARTS) is 1. The maximum atomic E-state index is 15.0. The zero-order valence-corrected chi connectivity index (χ0v) is 38.0. The van der Waals surface area contributed by atoms with Crippen molar-refractivity contribution >= 4 is 41.0 Å². The van der Waals surface area contributed by atoms with Gasteiger partial charge in [-0.15, -0.1) is 11.3 Å². The number of rotatable bonds is 20. The van der Waals surface area contributed by atoms with Crippen molar-refractivity contribution < 1.29 is 33.8 Å². The molecule has 3 amide bonds. The first kappa shape index (κ1) is 47.6. The summed E-state index contributed by atoms with van der Waals surface area (Å²) >= 11 is 1.18. The average Bonchev–Trinajstić information content (AvgIpc) is 3.76. The summed E-state index contributed by atoms with van der Waals surface area (Å²) < 4.78 is 5.91. The molecule has 1 aliphatic heterocycles. The molecule has 3 unspecified atom stereocenters. The van der Waals surface area contributed by atoms with Crippen LogP contribution in [0.15, 0.2) is 84.2 Å². The van der Waals surface area contributed by atoms with Gasteiger partial charge in [-0.2, -0.15) is 0 Å². The van der Waals surface area contributed by atoms with E-state index in [1.165, 1.54) is 18.3 Å². The maximum absolute atomic E-state index is 15.0. The number of nitrogens with one attached hydrogen (secondary N) is 2. The van der Waals surface area contributed by atoms with Crippen molar-refractivity contribution in [3.63, 3.8) is 0 Å². The predicted octanol–water partition coefficient (Wildman–Crippen LogP) is 8.17. The van der Waals surface area contributed by atoms with E-state index in [1.54, 1.807) is 5.38 Å². The third kappa shape index (κ3) is 12.6. The third-order valence-electron chi connectivity index (χ3n) is 12.1. The summed E-state index contributed by atoms with van der Waals surface area (Å²) in [6.45, 7) is 12.4. The van der Waals surface area contributed by atoms with Gasteiger partial charge in [-0.25, -0.2) is 4.98 Å². The van der Waals surface area contributed by atoms with Crippen LogP contribution in [0.1, 0.15) is 117 Å². The number of nitrogens with zero attached hydrogens (tertiary/aromatic N) is 3. The van der Waals surface area contributed by atoms with E-state index >= 15 is 0 Å². The van der Waals surface area contributed by atoms with Crippen LogP contribution in [0, 0.1) is 18.8 Å². The van der Waals surface area contributed by atoms with Gasteiger partial charge in [0.1, 0.15) is 16.7 Å². The maximum Gasteiger partial charge on any atom is 0.311 e. The van der Waals surface area contributed by atoms with E-state index in [-0.39, 0.29) is 61.3 Å². The molecule has 0 bridgehead atoms. The second kappa shape index (κ2) is 22.6. The number of likely N-dealkylation sites (tertiary alicyclic amines) is 1. The molecule has 4 aromatic rings. The molecule has 1 aliphatic rings. The zero-order chi connectivity index (χ0) is 44.9. The summed E-state index contributed by atoms with van der Waals surface area (Å²) in [5, 5.41) is 18.3. The molecule has 3 aromatic carbocycles. The second-order valence-electron chi connectivity index (χ2n) is 16.9. The van der Waals surface area contributed by atoms with Crippen LogP contribution in [0.3, 0.4) is 0 Å². The second-order valence-corrected chi connectivity index (χ2v) is 17.8. The molecule has 6 atom stereocenters. The van der Waals surface area contributed by atoms with Crippen molar-refractivity contribution in [2.24, 2.45) is 11.8 Å². The number of amides is 3. The molecule has 13 heteroatoms. The molecule has 5 rings (SSSR count). The molecule has 62 heavy (non-hydrogen) atoms. The van der Waals surface area contributed by atoms with Crippen molar-refractivity contribution in [2.75, 3.05) is 20.1 Å². The lowest BCUT2D eigenvalue weighted by Crippen LogP contribution is -2.58. The van der Waals surface area contributed by atoms with Crippen LogP contribution in [0.4, 0.5) is 0 Å². The van der Waals surface area contributed by atoms with E-state index < -0.39 is 42.0 Å². The molecule has 12 nitrogen and oxygen atoms in total. The van der Waals surface area contributed by atoms with Crippen molar-refractivity contribution in [3.8, 4) is 11.1 Å². The molecule has 1 saturated heterocycles. The Labute approximate surface area is 370 Å². The number of aliphatic carboxylic acids is 1. The van der Waals surface area contributed by atoms with Crippen LogP contribution in [-0.4, -0.2) is 87.8 Å². The first-order valence-electron chi connectivity index (χ1n) is 21.8. The third-order valence-corrected chi connectivity index (χ3v) is 13.0. The number of benzene rings is 3. The quantitative estimate of drug-likeness (QED) is 0.0746. The minimum atomic E-state index is -0.984. The monoisotopic (exact) mass is 865 g/mol. The Balaban J connectivity index is 1.36. The fraction of sp³-hybridized carbons (Fsp3) is 0.469. The topological polar surface area (TPSA) is 158 Å². The van der Waals surface area contributed by atoms with Crippen LogP contribution in [0.5, 0.6) is 0 Å². The molecular formula is C49H63N5O7S. The van der Waals surface area contributed by atoms with Gasteiger partial charge in [0.25, 0.3) is 5.91 Å². The predicted molar refractivity (Wildman–Crippen MR) is 242 cm³/mol. The highest BCUT2D eigenvalue weighted by atomic mass is 32.1. The first-order chi connectivity index (χ1) is 29.7. The van der Waals surface area contributed by atoms with Crippen LogP contribution in [-0.2, 0) is 30.5 Å². The van der Waals surface area contributed by atoms with Gasteiger partial charge in [0, 0.05) is 37.9 Å². The highest BCUT2D eigenvalue weighted by Crippen LogP contribution is 2.33. The van der Waals surface area contributed by atoms with E-state index in [0.717, 1.165) is 48.1 Å². The van der Waals surface area contributed by atoms with Gasteiger partial charge in [-0.05, 0) is 79.4 Å². The molecule has 0 saturated carbocycles. The number of thiazole rings is 1. The average molecular weight is 866 g/mol. The minimum Gasteiger partial charge on any atom is -0.481 e. The minimum absolute atomic E-state index is 0.0853. The van der Waals surface area contributed by atoms with Crippen LogP contribution >= 0.6 is 11.3 Å². The molecule has 0 aliphatic carbocycles. The fourth-order valence-corrected chi connectivity index (χ4v) is 9.07. The molecule has 0 radical (unpaired) electrons. The number of piperidine rings is 1. The smallest absolute Gasteiger partial charge is 0.311 e. The molecule has 2 heterocycles. The van der Waals surface area contributed by atoms with Gasteiger partial charge in [-0.3, -0.25) is 28.9 Å². The summed E-state index contributed by atoms with van der Waals surface area (Å²) in [6.07, 6.45) is 2.84. The summed E-state index contributed by atoms with van der Waals surface area (Å²) in [5.41, 5.74) is 4.45. The van der Waals surface area contributed by atoms with Crippen LogP contribution in [0.2, 0.25) is 0 Å². The van der Waals surface area contributed by atoms with Gasteiger partial charge in [-0.1, -0.05) is 119 Å². The van der Waals surface area contributed by atoms with Gasteiger partial charge in [0.05, 0.1) is 12.0 Å². The van der Waals surface area contributed by atoms with Gasteiger partial charge in [0.2, 0.25) is 11.8 Å². The number of hydrogen-bond donors (Lipinski definition) is 3. The molecule has 0 spiro atoms. The highest BCUT2D eigenvalue weighted by Gasteiger charge is 2.39. The molecule has 3 N–H and O–H groups in total. The lowest BCUT2D eigenvalue weighted by atomic mass is 9.89. The number of carbonyl (C=O) groups excluding carboxylic acids is 4. The standard InChI is InChI=1S/C49H63N5O7S/c1-8-32(4)44(52-46(57)41-21-15-16-26-53(41)7)48(58)54(29-35-17-11-9-12-18-35)42(31(2)3)28-43(61-34(6)55)47-51-40(30-62-47)45(56)50-25-24-38(49(59)60)39-27-37(23-22-33(39)5)36-19-13-10-14-20-36/h9-14,17-20,22-23,27,30-32,38,41-44H,8,15-16,21,24-26,28-29H2,1-7H3,(H,50,56)(H,52,57)(H,59,60)/t32?,38-,41?,42-,43-,44?/m1/s1.